The molecule has 0 saturated heterocycles. The minimum atomic E-state index is -0.407. The molecule has 0 radical (unpaired) electrons. The number of carbonyl (C=O) groups excluding carboxylic acids is 2. The zero-order chi connectivity index (χ0) is 16.2. The van der Waals surface area contributed by atoms with Gasteiger partial charge >= 0.3 is 0 Å². The summed E-state index contributed by atoms with van der Waals surface area (Å²) in [4.78, 5) is 25.1. The Hall–Kier alpha value is -1.98. The van der Waals surface area contributed by atoms with Gasteiger partial charge in [-0.15, -0.1) is 11.8 Å². The molecule has 2 N–H and O–H groups in total. The fraction of sp³-hybridized carbons (Fsp3) is 0.176. The Morgan fingerprint density at radius 1 is 1.17 bits per heavy atom. The molecule has 0 unspecified atom stereocenters. The average molecular weight is 347 g/mol. The summed E-state index contributed by atoms with van der Waals surface area (Å²) in [6.45, 7) is 0.422. The van der Waals surface area contributed by atoms with Crippen molar-refractivity contribution in [3.63, 3.8) is 0 Å². The molecule has 1 heterocycles. The van der Waals surface area contributed by atoms with E-state index in [9.17, 15) is 9.59 Å². The quantitative estimate of drug-likeness (QED) is 0.891. The van der Waals surface area contributed by atoms with Gasteiger partial charge in [0.25, 0.3) is 0 Å². The molecule has 2 amide bonds. The summed E-state index contributed by atoms with van der Waals surface area (Å²) in [7, 11) is 0. The average Bonchev–Trinajstić information content (AvgIpc) is 2.55. The molecule has 0 saturated carbocycles. The highest BCUT2D eigenvalue weighted by Crippen LogP contribution is 2.36. The Labute approximate surface area is 143 Å². The number of hydrogen-bond donors (Lipinski definition) is 2. The number of fused-ring (bicyclic) bond motifs is 1. The second-order valence-electron chi connectivity index (χ2n) is 5.20. The van der Waals surface area contributed by atoms with Crippen molar-refractivity contribution in [3.8, 4) is 0 Å². The van der Waals surface area contributed by atoms with Gasteiger partial charge in [0.05, 0.1) is 10.9 Å². The van der Waals surface area contributed by atoms with Crippen molar-refractivity contribution in [1.29, 1.82) is 0 Å². The van der Waals surface area contributed by atoms with E-state index in [1.54, 1.807) is 12.1 Å². The van der Waals surface area contributed by atoms with Crippen molar-refractivity contribution < 1.29 is 9.59 Å². The summed E-state index contributed by atoms with van der Waals surface area (Å²) >= 11 is 7.25. The Morgan fingerprint density at radius 2 is 1.91 bits per heavy atom. The molecular weight excluding hydrogens is 332 g/mol. The van der Waals surface area contributed by atoms with Crippen molar-refractivity contribution in [2.24, 2.45) is 0 Å². The molecule has 118 valence electrons. The molecule has 1 aliphatic heterocycles. The zero-order valence-corrected chi connectivity index (χ0v) is 13.8. The van der Waals surface area contributed by atoms with Gasteiger partial charge in [-0.1, -0.05) is 35.9 Å². The maximum Gasteiger partial charge on any atom is 0.238 e. The van der Waals surface area contributed by atoms with E-state index in [1.165, 1.54) is 11.8 Å². The van der Waals surface area contributed by atoms with Crippen LogP contribution < -0.4 is 10.6 Å². The molecule has 6 heteroatoms. The van der Waals surface area contributed by atoms with Gasteiger partial charge < -0.3 is 10.6 Å². The molecule has 3 rings (SSSR count). The largest absolute Gasteiger partial charge is 0.352 e. The van der Waals surface area contributed by atoms with Crippen LogP contribution in [0, 0.1) is 0 Å². The van der Waals surface area contributed by atoms with E-state index < -0.39 is 5.25 Å². The van der Waals surface area contributed by atoms with Gasteiger partial charge in [0.15, 0.2) is 0 Å². The lowest BCUT2D eigenvalue weighted by molar-refractivity contribution is -0.124. The second-order valence-corrected chi connectivity index (χ2v) is 6.88. The van der Waals surface area contributed by atoms with Gasteiger partial charge in [0, 0.05) is 22.9 Å². The lowest BCUT2D eigenvalue weighted by Crippen LogP contribution is -2.34. The van der Waals surface area contributed by atoms with E-state index in [2.05, 4.69) is 10.6 Å². The van der Waals surface area contributed by atoms with Crippen LogP contribution in [0.1, 0.15) is 12.0 Å². The van der Waals surface area contributed by atoms with Crippen LogP contribution in [0.3, 0.4) is 0 Å². The number of rotatable bonds is 4. The highest BCUT2D eigenvalue weighted by molar-refractivity contribution is 8.01. The van der Waals surface area contributed by atoms with E-state index >= 15 is 0 Å². The fourth-order valence-corrected chi connectivity index (χ4v) is 3.51. The summed E-state index contributed by atoms with van der Waals surface area (Å²) in [5.41, 5.74) is 1.77. The molecule has 0 fully saturated rings. The number of benzene rings is 2. The predicted octanol–water partition coefficient (Wildman–Crippen LogP) is 3.46. The molecule has 0 bridgehead atoms. The van der Waals surface area contributed by atoms with E-state index in [0.29, 0.717) is 11.6 Å². The Morgan fingerprint density at radius 3 is 2.70 bits per heavy atom. The molecule has 2 aromatic carbocycles. The monoisotopic (exact) mass is 346 g/mol. The van der Waals surface area contributed by atoms with Gasteiger partial charge in [0.1, 0.15) is 0 Å². The molecule has 1 atom stereocenters. The number of hydrogen-bond acceptors (Lipinski definition) is 3. The van der Waals surface area contributed by atoms with E-state index in [1.807, 2.05) is 36.4 Å². The van der Waals surface area contributed by atoms with Crippen LogP contribution in [0.4, 0.5) is 5.69 Å². The van der Waals surface area contributed by atoms with E-state index in [-0.39, 0.29) is 18.2 Å². The topological polar surface area (TPSA) is 58.2 Å². The van der Waals surface area contributed by atoms with Crippen LogP contribution in [0.2, 0.25) is 5.02 Å². The third-order valence-electron chi connectivity index (χ3n) is 3.48. The van der Waals surface area contributed by atoms with Gasteiger partial charge in [-0.25, -0.2) is 0 Å². The van der Waals surface area contributed by atoms with Crippen molar-refractivity contribution in [2.45, 2.75) is 23.1 Å². The van der Waals surface area contributed by atoms with Crippen LogP contribution in [0.25, 0.3) is 0 Å². The van der Waals surface area contributed by atoms with Crippen LogP contribution in [-0.4, -0.2) is 17.1 Å². The molecular formula is C17H15ClN2O2S. The smallest absolute Gasteiger partial charge is 0.238 e. The highest BCUT2D eigenvalue weighted by atomic mass is 35.5. The SMILES string of the molecule is O=C(C[C@@H]1Sc2ccccc2NC1=O)NCc1ccc(Cl)cc1. The van der Waals surface area contributed by atoms with E-state index in [4.69, 9.17) is 11.6 Å². The van der Waals surface area contributed by atoms with Crippen LogP contribution in [0.15, 0.2) is 53.4 Å². The summed E-state index contributed by atoms with van der Waals surface area (Å²) < 4.78 is 0. The minimum Gasteiger partial charge on any atom is -0.352 e. The molecule has 0 aromatic heterocycles. The number of nitrogens with one attached hydrogen (secondary N) is 2. The lowest BCUT2D eigenvalue weighted by atomic mass is 10.2. The number of para-hydroxylation sites is 1. The molecule has 23 heavy (non-hydrogen) atoms. The number of amides is 2. The summed E-state index contributed by atoms with van der Waals surface area (Å²) in [5, 5.41) is 5.93. The molecule has 1 aliphatic rings. The molecule has 0 spiro atoms. The molecule has 4 nitrogen and oxygen atoms in total. The van der Waals surface area contributed by atoms with Gasteiger partial charge in [-0.3, -0.25) is 9.59 Å². The molecule has 2 aromatic rings. The van der Waals surface area contributed by atoms with Gasteiger partial charge in [-0.05, 0) is 29.8 Å². The number of anilines is 1. The summed E-state index contributed by atoms with van der Waals surface area (Å²) in [6, 6.07) is 14.9. The Balaban J connectivity index is 1.56. The first-order chi connectivity index (χ1) is 11.1. The zero-order valence-electron chi connectivity index (χ0n) is 12.2. The van der Waals surface area contributed by atoms with Crippen molar-refractivity contribution in [1.82, 2.24) is 5.32 Å². The first-order valence-electron chi connectivity index (χ1n) is 7.19. The standard InChI is InChI=1S/C17H15ClN2O2S/c18-12-7-5-11(6-8-12)10-19-16(21)9-15-17(22)20-13-3-1-2-4-14(13)23-15/h1-8,15H,9-10H2,(H,19,21)(H,20,22)/t15-/m0/s1. The Bertz CT molecular complexity index is 734. The van der Waals surface area contributed by atoms with Gasteiger partial charge in [-0.2, -0.15) is 0 Å². The van der Waals surface area contributed by atoms with Crippen molar-refractivity contribution in [3.05, 3.63) is 59.1 Å². The number of carbonyl (C=O) groups is 2. The van der Waals surface area contributed by atoms with E-state index in [0.717, 1.165) is 16.1 Å². The molecule has 0 aliphatic carbocycles. The third kappa shape index (κ3) is 4.06. The second kappa shape index (κ2) is 7.06. The summed E-state index contributed by atoms with van der Waals surface area (Å²) in [6.07, 6.45) is 0.151. The third-order valence-corrected chi connectivity index (χ3v) is 5.01. The number of thioether (sulfide) groups is 1. The van der Waals surface area contributed by atoms with Crippen LogP contribution in [0.5, 0.6) is 0 Å². The summed E-state index contributed by atoms with van der Waals surface area (Å²) in [5.74, 6) is -0.276. The maximum absolute atomic E-state index is 12.1. The van der Waals surface area contributed by atoms with Crippen molar-refractivity contribution in [2.75, 3.05) is 5.32 Å². The first kappa shape index (κ1) is 15.9. The number of halogens is 1. The van der Waals surface area contributed by atoms with Gasteiger partial charge in [0.2, 0.25) is 11.8 Å². The fourth-order valence-electron chi connectivity index (χ4n) is 2.27. The van der Waals surface area contributed by atoms with Crippen LogP contribution in [-0.2, 0) is 16.1 Å². The predicted molar refractivity (Wildman–Crippen MR) is 92.6 cm³/mol. The lowest BCUT2D eigenvalue weighted by Gasteiger charge is -2.23. The van der Waals surface area contributed by atoms with Crippen molar-refractivity contribution >= 4 is 40.9 Å². The minimum absolute atomic E-state index is 0.129. The Kier molecular flexibility index (Phi) is 4.88. The highest BCUT2D eigenvalue weighted by Gasteiger charge is 2.28. The van der Waals surface area contributed by atoms with Crippen LogP contribution >= 0.6 is 23.4 Å². The normalized spacial score (nSPS) is 16.4. The first-order valence-corrected chi connectivity index (χ1v) is 8.45. The maximum atomic E-state index is 12.1.